The van der Waals surface area contributed by atoms with Crippen molar-refractivity contribution in [2.75, 3.05) is 13.7 Å². The molecule has 1 aliphatic carbocycles. The first-order valence-corrected chi connectivity index (χ1v) is 11.3. The fourth-order valence-corrected chi connectivity index (χ4v) is 4.66. The van der Waals surface area contributed by atoms with Gasteiger partial charge in [-0.15, -0.1) is 0 Å². The van der Waals surface area contributed by atoms with Crippen LogP contribution in [-0.4, -0.2) is 47.9 Å². The number of methoxy groups -OCH3 is 1. The van der Waals surface area contributed by atoms with Crippen LogP contribution in [0.15, 0.2) is 51.6 Å². The normalized spacial score (nSPS) is 20.2. The van der Waals surface area contributed by atoms with Gasteiger partial charge in [-0.3, -0.25) is 4.79 Å². The maximum absolute atomic E-state index is 14.1. The van der Waals surface area contributed by atoms with Crippen LogP contribution in [0.1, 0.15) is 37.8 Å². The second kappa shape index (κ2) is 9.12. The molecule has 0 radical (unpaired) electrons. The van der Waals surface area contributed by atoms with Crippen LogP contribution in [0, 0.1) is 0 Å². The van der Waals surface area contributed by atoms with Gasteiger partial charge >= 0.3 is 12.1 Å². The lowest BCUT2D eigenvalue weighted by Crippen LogP contribution is -2.40. The third kappa shape index (κ3) is 4.73. The van der Waals surface area contributed by atoms with E-state index in [1.807, 2.05) is 0 Å². The zero-order valence-corrected chi connectivity index (χ0v) is 18.8. The van der Waals surface area contributed by atoms with E-state index in [9.17, 15) is 22.8 Å². The van der Waals surface area contributed by atoms with E-state index in [1.165, 1.54) is 18.9 Å². The summed E-state index contributed by atoms with van der Waals surface area (Å²) in [6, 6.07) is 5.41. The van der Waals surface area contributed by atoms with Crippen molar-refractivity contribution in [3.05, 3.63) is 52.2 Å². The van der Waals surface area contributed by atoms with Crippen molar-refractivity contribution in [2.45, 2.75) is 44.4 Å². The highest BCUT2D eigenvalue weighted by molar-refractivity contribution is 8.16. The highest BCUT2D eigenvalue weighted by atomic mass is 32.2. The van der Waals surface area contributed by atoms with Crippen molar-refractivity contribution in [1.29, 1.82) is 0 Å². The Morgan fingerprint density at radius 2 is 2.00 bits per heavy atom. The third-order valence-electron chi connectivity index (χ3n) is 5.29. The number of carbonyl (C=O) groups is 2. The first-order chi connectivity index (χ1) is 15.7. The van der Waals surface area contributed by atoms with Crippen molar-refractivity contribution in [3.63, 3.8) is 0 Å². The lowest BCUT2D eigenvalue weighted by Gasteiger charge is -2.37. The minimum absolute atomic E-state index is 0.0282. The Balaban J connectivity index is 1.84. The van der Waals surface area contributed by atoms with Crippen molar-refractivity contribution in [2.24, 2.45) is 4.99 Å². The van der Waals surface area contributed by atoms with Crippen molar-refractivity contribution < 1.29 is 32.2 Å². The summed E-state index contributed by atoms with van der Waals surface area (Å²) in [5.74, 6) is -1.07. The summed E-state index contributed by atoms with van der Waals surface area (Å²) in [7, 11) is 1.40. The number of benzene rings is 1. The third-order valence-corrected chi connectivity index (χ3v) is 6.18. The Kier molecular flexibility index (Phi) is 6.42. The summed E-state index contributed by atoms with van der Waals surface area (Å²) in [5, 5.41) is 4.50. The van der Waals surface area contributed by atoms with E-state index in [2.05, 4.69) is 10.3 Å². The van der Waals surface area contributed by atoms with Gasteiger partial charge in [0.05, 0.1) is 31.8 Å². The quantitative estimate of drug-likeness (QED) is 0.592. The van der Waals surface area contributed by atoms with Crippen LogP contribution >= 0.6 is 11.8 Å². The van der Waals surface area contributed by atoms with E-state index >= 15 is 0 Å². The Bertz CT molecular complexity index is 1060. The molecule has 0 spiro atoms. The number of amidine groups is 1. The SMILES string of the molecule is CCOC(=O)C1=C(C(F)(F)F)N=C2SC=C(CC(=O)NC3CC3)N2C1c1ccccc1OC. The average molecular weight is 481 g/mol. The Labute approximate surface area is 192 Å². The highest BCUT2D eigenvalue weighted by Gasteiger charge is 2.50. The number of fused-ring (bicyclic) bond motifs is 1. The van der Waals surface area contributed by atoms with Gasteiger partial charge in [0.25, 0.3) is 0 Å². The molecule has 0 bridgehead atoms. The lowest BCUT2D eigenvalue weighted by molar-refractivity contribution is -0.140. The molecule has 11 heteroatoms. The van der Waals surface area contributed by atoms with Crippen LogP contribution in [0.4, 0.5) is 13.2 Å². The van der Waals surface area contributed by atoms with Gasteiger partial charge in [-0.05, 0) is 31.2 Å². The average Bonchev–Trinajstić information content (AvgIpc) is 3.50. The number of para-hydroxylation sites is 1. The molecule has 3 aliphatic rings. The van der Waals surface area contributed by atoms with Gasteiger partial charge in [-0.1, -0.05) is 30.0 Å². The molecular weight excluding hydrogens is 459 g/mol. The molecule has 2 heterocycles. The predicted molar refractivity (Wildman–Crippen MR) is 116 cm³/mol. The number of rotatable bonds is 7. The molecule has 0 aromatic heterocycles. The number of thioether (sulfide) groups is 1. The second-order valence-corrected chi connectivity index (χ2v) is 8.47. The van der Waals surface area contributed by atoms with Crippen LogP contribution in [0.5, 0.6) is 5.75 Å². The van der Waals surface area contributed by atoms with E-state index in [0.717, 1.165) is 24.6 Å². The Morgan fingerprint density at radius 3 is 2.64 bits per heavy atom. The van der Waals surface area contributed by atoms with Gasteiger partial charge in [0.1, 0.15) is 5.75 Å². The van der Waals surface area contributed by atoms with Crippen LogP contribution in [0.3, 0.4) is 0 Å². The maximum atomic E-state index is 14.1. The zero-order chi connectivity index (χ0) is 23.8. The van der Waals surface area contributed by atoms with Crippen molar-refractivity contribution >= 4 is 28.8 Å². The molecule has 1 amide bonds. The maximum Gasteiger partial charge on any atom is 0.434 e. The first-order valence-electron chi connectivity index (χ1n) is 10.4. The van der Waals surface area contributed by atoms with Crippen LogP contribution in [0.2, 0.25) is 0 Å². The number of amides is 1. The predicted octanol–water partition coefficient (Wildman–Crippen LogP) is 4.04. The smallest absolute Gasteiger partial charge is 0.434 e. The Morgan fingerprint density at radius 1 is 1.27 bits per heavy atom. The molecule has 7 nitrogen and oxygen atoms in total. The van der Waals surface area contributed by atoms with Crippen LogP contribution in [0.25, 0.3) is 0 Å². The zero-order valence-electron chi connectivity index (χ0n) is 17.9. The molecule has 33 heavy (non-hydrogen) atoms. The molecule has 176 valence electrons. The minimum atomic E-state index is -4.89. The molecule has 4 rings (SSSR count). The number of hydrogen-bond donors (Lipinski definition) is 1. The largest absolute Gasteiger partial charge is 0.496 e. The van der Waals surface area contributed by atoms with Crippen LogP contribution < -0.4 is 10.1 Å². The van der Waals surface area contributed by atoms with Gasteiger partial charge in [0.2, 0.25) is 5.91 Å². The first kappa shape index (κ1) is 23.2. The number of ether oxygens (including phenoxy) is 2. The molecule has 1 N–H and O–H groups in total. The van der Waals surface area contributed by atoms with E-state index in [4.69, 9.17) is 9.47 Å². The summed E-state index contributed by atoms with van der Waals surface area (Å²) >= 11 is 0.977. The van der Waals surface area contributed by atoms with Gasteiger partial charge in [0.15, 0.2) is 10.9 Å². The topological polar surface area (TPSA) is 80.2 Å². The molecule has 1 atom stereocenters. The summed E-state index contributed by atoms with van der Waals surface area (Å²) in [6.07, 6.45) is -3.14. The van der Waals surface area contributed by atoms with Crippen molar-refractivity contribution in [3.8, 4) is 5.75 Å². The fraction of sp³-hybridized carbons (Fsp3) is 0.409. The van der Waals surface area contributed by atoms with E-state index in [1.54, 1.807) is 29.7 Å². The number of carbonyl (C=O) groups excluding carboxylic acids is 2. The molecule has 1 aromatic carbocycles. The molecule has 1 fully saturated rings. The second-order valence-electron chi connectivity index (χ2n) is 7.63. The monoisotopic (exact) mass is 481 g/mol. The Hall–Kier alpha value is -2.95. The summed E-state index contributed by atoms with van der Waals surface area (Å²) in [6.45, 7) is 1.41. The van der Waals surface area contributed by atoms with Gasteiger partial charge in [-0.2, -0.15) is 13.2 Å². The highest BCUT2D eigenvalue weighted by Crippen LogP contribution is 2.49. The fourth-order valence-electron chi connectivity index (χ4n) is 3.75. The van der Waals surface area contributed by atoms with E-state index < -0.39 is 29.5 Å². The molecule has 0 saturated heterocycles. The number of nitrogens with zero attached hydrogens (tertiary/aromatic N) is 2. The van der Waals surface area contributed by atoms with E-state index in [-0.39, 0.29) is 30.1 Å². The molecule has 2 aliphatic heterocycles. The van der Waals surface area contributed by atoms with Gasteiger partial charge < -0.3 is 19.7 Å². The molecular formula is C22H22F3N3O4S. The molecule has 1 unspecified atom stereocenters. The molecule has 1 aromatic rings. The summed E-state index contributed by atoms with van der Waals surface area (Å²) < 4.78 is 52.6. The minimum Gasteiger partial charge on any atom is -0.496 e. The molecule has 1 saturated carbocycles. The number of nitrogens with one attached hydrogen (secondary N) is 1. The number of hydrogen-bond acceptors (Lipinski definition) is 7. The number of alkyl halides is 3. The number of halogens is 3. The summed E-state index contributed by atoms with van der Waals surface area (Å²) in [5.41, 5.74) is -1.19. The van der Waals surface area contributed by atoms with E-state index in [0.29, 0.717) is 17.0 Å². The summed E-state index contributed by atoms with van der Waals surface area (Å²) in [4.78, 5) is 30.7. The number of aliphatic imine (C=N–C) groups is 1. The van der Waals surface area contributed by atoms with Crippen molar-refractivity contribution in [1.82, 2.24) is 10.2 Å². The standard InChI is InChI=1S/C22H22F3N3O4S/c1-3-32-20(30)17-18(14-6-4-5-7-15(14)31-2)28-13(10-16(29)26-12-8-9-12)11-33-21(28)27-19(17)22(23,24)25/h4-7,11-12,18H,3,8-10H2,1-2H3,(H,26,29). The van der Waals surface area contributed by atoms with Gasteiger partial charge in [0, 0.05) is 17.3 Å². The number of esters is 1. The van der Waals surface area contributed by atoms with Crippen LogP contribution in [-0.2, 0) is 14.3 Å². The number of allylic oxidation sites excluding steroid dienone is 1. The lowest BCUT2D eigenvalue weighted by atomic mass is 9.92. The van der Waals surface area contributed by atoms with Gasteiger partial charge in [-0.25, -0.2) is 9.79 Å².